The lowest BCUT2D eigenvalue weighted by Gasteiger charge is -2.27. The van der Waals surface area contributed by atoms with Crippen LogP contribution in [0.4, 0.5) is 0 Å². The third kappa shape index (κ3) is 4.01. The topological polar surface area (TPSA) is 78.5 Å². The van der Waals surface area contributed by atoms with Gasteiger partial charge in [-0.15, -0.1) is 0 Å². The smallest absolute Gasteiger partial charge is 0.261 e. The van der Waals surface area contributed by atoms with Gasteiger partial charge in [0.1, 0.15) is 0 Å². The van der Waals surface area contributed by atoms with Gasteiger partial charge in [-0.05, 0) is 37.4 Å². The second-order valence-corrected chi connectivity index (χ2v) is 6.84. The normalized spacial score (nSPS) is 14.5. The van der Waals surface area contributed by atoms with Crippen molar-refractivity contribution >= 4 is 28.5 Å². The van der Waals surface area contributed by atoms with Crippen LogP contribution in [0.25, 0.3) is 10.8 Å². The van der Waals surface area contributed by atoms with E-state index in [1.54, 1.807) is 12.1 Å². The van der Waals surface area contributed by atoms with E-state index in [1.807, 2.05) is 38.1 Å². The van der Waals surface area contributed by atoms with Gasteiger partial charge in [0.2, 0.25) is 5.91 Å². The highest BCUT2D eigenvalue weighted by atomic mass is 16.2. The van der Waals surface area contributed by atoms with E-state index in [4.69, 9.17) is 0 Å². The standard InChI is InChI=1S/C21H25N3O3/c1-3-22-14(2)13-23-18(25)11-6-12-24-20(26)16-9-4-7-15-8-5-10-17(19(15)16)21(24)27/h4-5,7-10,14,22H,3,6,11-13H2,1-2H3,(H,23,25)/t14-/m1/s1. The van der Waals surface area contributed by atoms with Crippen LogP contribution >= 0.6 is 0 Å². The number of carbonyl (C=O) groups is 3. The van der Waals surface area contributed by atoms with Crippen molar-refractivity contribution in [1.82, 2.24) is 15.5 Å². The van der Waals surface area contributed by atoms with Gasteiger partial charge >= 0.3 is 0 Å². The molecule has 1 aliphatic heterocycles. The van der Waals surface area contributed by atoms with Crippen LogP contribution < -0.4 is 10.6 Å². The second kappa shape index (κ2) is 8.31. The average molecular weight is 367 g/mol. The molecule has 6 nitrogen and oxygen atoms in total. The number of amides is 3. The molecule has 0 spiro atoms. The number of nitrogens with one attached hydrogen (secondary N) is 2. The maximum absolute atomic E-state index is 12.8. The van der Waals surface area contributed by atoms with Crippen LogP contribution in [0.1, 0.15) is 47.4 Å². The van der Waals surface area contributed by atoms with Gasteiger partial charge in [0.15, 0.2) is 0 Å². The van der Waals surface area contributed by atoms with Gasteiger partial charge in [-0.1, -0.05) is 31.2 Å². The lowest BCUT2D eigenvalue weighted by atomic mass is 9.94. The molecule has 0 aromatic heterocycles. The number of carbonyl (C=O) groups excluding carboxylic acids is 3. The molecule has 1 aliphatic rings. The minimum atomic E-state index is -0.287. The maximum atomic E-state index is 12.8. The average Bonchev–Trinajstić information content (AvgIpc) is 2.67. The molecule has 27 heavy (non-hydrogen) atoms. The monoisotopic (exact) mass is 367 g/mol. The van der Waals surface area contributed by atoms with Gasteiger partial charge < -0.3 is 10.6 Å². The summed E-state index contributed by atoms with van der Waals surface area (Å²) in [5.74, 6) is -0.643. The van der Waals surface area contributed by atoms with Crippen LogP contribution in [-0.2, 0) is 4.79 Å². The predicted molar refractivity (Wildman–Crippen MR) is 105 cm³/mol. The van der Waals surface area contributed by atoms with Crippen LogP contribution in [0.2, 0.25) is 0 Å². The van der Waals surface area contributed by atoms with E-state index in [2.05, 4.69) is 10.6 Å². The van der Waals surface area contributed by atoms with E-state index >= 15 is 0 Å². The van der Waals surface area contributed by atoms with Crippen molar-refractivity contribution in [1.29, 1.82) is 0 Å². The Balaban J connectivity index is 1.61. The summed E-state index contributed by atoms with van der Waals surface area (Å²) in [6.45, 7) is 5.67. The molecule has 142 valence electrons. The SMILES string of the molecule is CCN[C@H](C)CNC(=O)CCCN1C(=O)c2cccc3cccc(c23)C1=O. The number of imide groups is 1. The first-order chi connectivity index (χ1) is 13.0. The summed E-state index contributed by atoms with van der Waals surface area (Å²) in [4.78, 5) is 38.8. The first-order valence-electron chi connectivity index (χ1n) is 9.41. The molecule has 0 unspecified atom stereocenters. The first kappa shape index (κ1) is 19.0. The van der Waals surface area contributed by atoms with Crippen molar-refractivity contribution in [3.8, 4) is 0 Å². The molecular weight excluding hydrogens is 342 g/mol. The van der Waals surface area contributed by atoms with Gasteiger partial charge in [0, 0.05) is 42.1 Å². The molecule has 6 heteroatoms. The first-order valence-corrected chi connectivity index (χ1v) is 9.41. The van der Waals surface area contributed by atoms with E-state index in [1.165, 1.54) is 4.90 Å². The molecule has 3 rings (SSSR count). The molecule has 1 heterocycles. The Morgan fingerprint density at radius 2 is 1.70 bits per heavy atom. The van der Waals surface area contributed by atoms with E-state index in [0.29, 0.717) is 24.1 Å². The van der Waals surface area contributed by atoms with Crippen LogP contribution in [0.15, 0.2) is 36.4 Å². The summed E-state index contributed by atoms with van der Waals surface area (Å²) >= 11 is 0. The summed E-state index contributed by atoms with van der Waals surface area (Å²) in [6.07, 6.45) is 0.721. The highest BCUT2D eigenvalue weighted by Gasteiger charge is 2.32. The van der Waals surface area contributed by atoms with Gasteiger partial charge in [-0.3, -0.25) is 19.3 Å². The van der Waals surface area contributed by atoms with Gasteiger partial charge in [-0.2, -0.15) is 0 Å². The Kier molecular flexibility index (Phi) is 5.86. The van der Waals surface area contributed by atoms with Crippen molar-refractivity contribution in [2.45, 2.75) is 32.7 Å². The molecule has 0 aliphatic carbocycles. The molecule has 0 saturated heterocycles. The Hall–Kier alpha value is -2.73. The molecule has 0 saturated carbocycles. The van der Waals surface area contributed by atoms with E-state index in [-0.39, 0.29) is 36.7 Å². The Morgan fingerprint density at radius 1 is 1.07 bits per heavy atom. The lowest BCUT2D eigenvalue weighted by Crippen LogP contribution is -2.41. The van der Waals surface area contributed by atoms with Crippen molar-refractivity contribution < 1.29 is 14.4 Å². The zero-order valence-corrected chi connectivity index (χ0v) is 15.7. The Morgan fingerprint density at radius 3 is 2.30 bits per heavy atom. The summed E-state index contributed by atoms with van der Waals surface area (Å²) < 4.78 is 0. The van der Waals surface area contributed by atoms with Gasteiger partial charge in [-0.25, -0.2) is 0 Å². The van der Waals surface area contributed by atoms with E-state index in [9.17, 15) is 14.4 Å². The number of likely N-dealkylation sites (N-methyl/N-ethyl adjacent to an activating group) is 1. The van der Waals surface area contributed by atoms with Crippen LogP contribution in [-0.4, -0.2) is 48.3 Å². The number of hydrogen-bond donors (Lipinski definition) is 2. The maximum Gasteiger partial charge on any atom is 0.261 e. The molecule has 0 radical (unpaired) electrons. The minimum absolute atomic E-state index is 0.0702. The molecule has 2 N–H and O–H groups in total. The summed E-state index contributed by atoms with van der Waals surface area (Å²) in [7, 11) is 0. The molecule has 2 aromatic rings. The third-order valence-electron chi connectivity index (χ3n) is 4.80. The largest absolute Gasteiger partial charge is 0.355 e. The van der Waals surface area contributed by atoms with E-state index in [0.717, 1.165) is 17.3 Å². The molecule has 2 aromatic carbocycles. The van der Waals surface area contributed by atoms with Crippen molar-refractivity contribution in [2.75, 3.05) is 19.6 Å². The minimum Gasteiger partial charge on any atom is -0.355 e. The molecule has 1 atom stereocenters. The van der Waals surface area contributed by atoms with Crippen molar-refractivity contribution in [3.63, 3.8) is 0 Å². The van der Waals surface area contributed by atoms with E-state index < -0.39 is 0 Å². The highest BCUT2D eigenvalue weighted by Crippen LogP contribution is 2.29. The van der Waals surface area contributed by atoms with Crippen LogP contribution in [0.5, 0.6) is 0 Å². The number of hydrogen-bond acceptors (Lipinski definition) is 4. The number of nitrogens with zero attached hydrogens (tertiary/aromatic N) is 1. The lowest BCUT2D eigenvalue weighted by molar-refractivity contribution is -0.121. The number of benzene rings is 2. The highest BCUT2D eigenvalue weighted by molar-refractivity contribution is 6.25. The quantitative estimate of drug-likeness (QED) is 0.702. The molecule has 3 amide bonds. The zero-order chi connectivity index (χ0) is 19.4. The second-order valence-electron chi connectivity index (χ2n) is 6.84. The molecule has 0 bridgehead atoms. The number of rotatable bonds is 8. The zero-order valence-electron chi connectivity index (χ0n) is 15.7. The van der Waals surface area contributed by atoms with Gasteiger partial charge in [0.25, 0.3) is 11.8 Å². The van der Waals surface area contributed by atoms with Crippen molar-refractivity contribution in [3.05, 3.63) is 47.5 Å². The van der Waals surface area contributed by atoms with Crippen LogP contribution in [0, 0.1) is 0 Å². The summed E-state index contributed by atoms with van der Waals surface area (Å²) in [5.41, 5.74) is 1.10. The fraction of sp³-hybridized carbons (Fsp3) is 0.381. The summed E-state index contributed by atoms with van der Waals surface area (Å²) in [5, 5.41) is 7.71. The van der Waals surface area contributed by atoms with Gasteiger partial charge in [0.05, 0.1) is 0 Å². The Labute approximate surface area is 158 Å². The van der Waals surface area contributed by atoms with Crippen LogP contribution in [0.3, 0.4) is 0 Å². The predicted octanol–water partition coefficient (Wildman–Crippen LogP) is 2.33. The fourth-order valence-corrected chi connectivity index (χ4v) is 3.46. The molecular formula is C21H25N3O3. The Bertz CT molecular complexity index is 827. The third-order valence-corrected chi connectivity index (χ3v) is 4.80. The fourth-order valence-electron chi connectivity index (χ4n) is 3.46. The van der Waals surface area contributed by atoms with Crippen molar-refractivity contribution in [2.24, 2.45) is 0 Å². The molecule has 0 fully saturated rings. The summed E-state index contributed by atoms with van der Waals surface area (Å²) in [6, 6.07) is 11.2.